The number of halogens is 4. The molecular formula is C9H7F4NO2. The van der Waals surface area contributed by atoms with E-state index < -0.39 is 18.3 Å². The van der Waals surface area contributed by atoms with Gasteiger partial charge in [0.15, 0.2) is 0 Å². The van der Waals surface area contributed by atoms with Crippen molar-refractivity contribution in [1.29, 1.82) is 0 Å². The Bertz CT molecular complexity index is 395. The lowest BCUT2D eigenvalue weighted by Gasteiger charge is -2.14. The van der Waals surface area contributed by atoms with Crippen molar-refractivity contribution >= 4 is 11.6 Å². The third-order valence-corrected chi connectivity index (χ3v) is 1.68. The second kappa shape index (κ2) is 4.38. The maximum Gasteiger partial charge on any atom is 0.383 e. The van der Waals surface area contributed by atoms with E-state index in [4.69, 9.17) is 5.11 Å². The van der Waals surface area contributed by atoms with E-state index in [1.54, 1.807) is 5.32 Å². The fourth-order valence-corrected chi connectivity index (χ4v) is 0.897. The van der Waals surface area contributed by atoms with Crippen molar-refractivity contribution in [2.24, 2.45) is 0 Å². The topological polar surface area (TPSA) is 49.3 Å². The number of aromatic hydroxyl groups is 1. The first-order chi connectivity index (χ1) is 7.34. The number of alkyl halides is 4. The summed E-state index contributed by atoms with van der Waals surface area (Å²) in [5.41, 5.74) is -0.190. The summed E-state index contributed by atoms with van der Waals surface area (Å²) in [7, 11) is 0. The Morgan fingerprint density at radius 2 is 2.00 bits per heavy atom. The Labute approximate surface area is 87.7 Å². The molecule has 1 aromatic rings. The molecule has 0 atom stereocenters. The fraction of sp³-hybridized carbons (Fsp3) is 0.222. The van der Waals surface area contributed by atoms with Crippen molar-refractivity contribution in [3.8, 4) is 5.75 Å². The summed E-state index contributed by atoms with van der Waals surface area (Å²) in [6.45, 7) is 0. The van der Waals surface area contributed by atoms with Crippen LogP contribution >= 0.6 is 0 Å². The quantitative estimate of drug-likeness (QED) is 0.792. The minimum absolute atomic E-state index is 0.190. The molecule has 0 aromatic heterocycles. The molecule has 0 aliphatic rings. The largest absolute Gasteiger partial charge is 0.508 e. The van der Waals surface area contributed by atoms with Gasteiger partial charge in [0.2, 0.25) is 0 Å². The normalized spacial score (nSPS) is 11.6. The van der Waals surface area contributed by atoms with Gasteiger partial charge >= 0.3 is 18.3 Å². The van der Waals surface area contributed by atoms with Crippen molar-refractivity contribution in [2.75, 3.05) is 5.32 Å². The van der Waals surface area contributed by atoms with E-state index in [1.165, 1.54) is 18.2 Å². The molecule has 2 N–H and O–H groups in total. The van der Waals surface area contributed by atoms with Crippen molar-refractivity contribution < 1.29 is 27.5 Å². The minimum Gasteiger partial charge on any atom is -0.508 e. The van der Waals surface area contributed by atoms with Crippen LogP contribution in [0, 0.1) is 0 Å². The van der Waals surface area contributed by atoms with Crippen LogP contribution in [-0.2, 0) is 4.79 Å². The Morgan fingerprint density at radius 1 is 1.38 bits per heavy atom. The lowest BCUT2D eigenvalue weighted by molar-refractivity contribution is -0.163. The van der Waals surface area contributed by atoms with E-state index in [1.807, 2.05) is 0 Å². The summed E-state index contributed by atoms with van der Waals surface area (Å²) < 4.78 is 48.6. The minimum atomic E-state index is -4.76. The summed E-state index contributed by atoms with van der Waals surface area (Å²) in [6.07, 6.45) is -4.08. The number of hydrogen-bond donors (Lipinski definition) is 2. The molecule has 0 fully saturated rings. The third kappa shape index (κ3) is 2.62. The van der Waals surface area contributed by atoms with Crippen molar-refractivity contribution in [1.82, 2.24) is 0 Å². The number of phenols is 1. The number of rotatable bonds is 3. The van der Waals surface area contributed by atoms with Gasteiger partial charge in [-0.05, 0) is 12.1 Å². The van der Waals surface area contributed by atoms with Crippen molar-refractivity contribution in [3.63, 3.8) is 0 Å². The first-order valence-corrected chi connectivity index (χ1v) is 4.10. The van der Waals surface area contributed by atoms with Gasteiger partial charge in [-0.15, -0.1) is 0 Å². The number of phenolic OH excluding ortho intramolecular Hbond substituents is 1. The summed E-state index contributed by atoms with van der Waals surface area (Å²) in [4.78, 5) is 10.8. The number of anilines is 1. The predicted octanol–water partition coefficient (Wildman–Crippen LogP) is 2.23. The van der Waals surface area contributed by atoms with E-state index >= 15 is 0 Å². The van der Waals surface area contributed by atoms with Gasteiger partial charge in [-0.2, -0.15) is 8.78 Å². The third-order valence-electron chi connectivity index (χ3n) is 1.68. The highest BCUT2D eigenvalue weighted by molar-refractivity contribution is 5.96. The lowest BCUT2D eigenvalue weighted by Crippen LogP contribution is -2.40. The van der Waals surface area contributed by atoms with Crippen LogP contribution < -0.4 is 5.32 Å². The number of nitrogens with one attached hydrogen (secondary N) is 1. The number of hydrogen-bond acceptors (Lipinski definition) is 2. The molecule has 1 amide bonds. The number of amides is 1. The van der Waals surface area contributed by atoms with E-state index in [-0.39, 0.29) is 11.4 Å². The Kier molecular flexibility index (Phi) is 3.36. The molecule has 0 saturated carbocycles. The molecular weight excluding hydrogens is 230 g/mol. The van der Waals surface area contributed by atoms with E-state index in [2.05, 4.69) is 0 Å². The summed E-state index contributed by atoms with van der Waals surface area (Å²) in [6, 6.07) is 4.64. The fourth-order valence-electron chi connectivity index (χ4n) is 0.897. The molecule has 1 rings (SSSR count). The highest BCUT2D eigenvalue weighted by Gasteiger charge is 2.48. The summed E-state index contributed by atoms with van der Waals surface area (Å²) >= 11 is 0. The first kappa shape index (κ1) is 12.3. The molecule has 0 spiro atoms. The maximum absolute atomic E-state index is 12.5. The van der Waals surface area contributed by atoms with Crippen LogP contribution in [-0.4, -0.2) is 23.4 Å². The van der Waals surface area contributed by atoms with E-state index in [0.29, 0.717) is 0 Å². The number of benzene rings is 1. The zero-order valence-corrected chi connectivity index (χ0v) is 7.75. The van der Waals surface area contributed by atoms with Crippen molar-refractivity contribution in [3.05, 3.63) is 24.3 Å². The van der Waals surface area contributed by atoms with Gasteiger partial charge in [0.05, 0.1) is 0 Å². The smallest absolute Gasteiger partial charge is 0.383 e. The van der Waals surface area contributed by atoms with Crippen LogP contribution in [0.5, 0.6) is 5.75 Å². The zero-order valence-electron chi connectivity index (χ0n) is 7.75. The van der Waals surface area contributed by atoms with Gasteiger partial charge in [-0.25, -0.2) is 8.78 Å². The van der Waals surface area contributed by atoms with Gasteiger partial charge < -0.3 is 10.4 Å². The molecule has 88 valence electrons. The van der Waals surface area contributed by atoms with Gasteiger partial charge in [0.1, 0.15) is 5.75 Å². The second-order valence-electron chi connectivity index (χ2n) is 2.93. The molecule has 0 aliphatic heterocycles. The van der Waals surface area contributed by atoms with Crippen LogP contribution in [0.1, 0.15) is 0 Å². The van der Waals surface area contributed by atoms with Crippen LogP contribution in [0.4, 0.5) is 23.2 Å². The number of carbonyl (C=O) groups is 1. The highest BCUT2D eigenvalue weighted by Crippen LogP contribution is 2.25. The van der Waals surface area contributed by atoms with Gasteiger partial charge in [0, 0.05) is 11.8 Å². The average Bonchev–Trinajstić information content (AvgIpc) is 2.17. The maximum atomic E-state index is 12.5. The molecule has 1 aromatic carbocycles. The van der Waals surface area contributed by atoms with E-state index in [9.17, 15) is 22.4 Å². The standard InChI is InChI=1S/C9H7F4NO2/c10-7(11)9(12,13)8(16)14-5-2-1-3-6(15)4-5/h1-4,7,15H,(H,14,16). The predicted molar refractivity (Wildman–Crippen MR) is 47.7 cm³/mol. The van der Waals surface area contributed by atoms with Crippen LogP contribution in [0.25, 0.3) is 0 Å². The highest BCUT2D eigenvalue weighted by atomic mass is 19.3. The Morgan fingerprint density at radius 3 is 2.50 bits per heavy atom. The van der Waals surface area contributed by atoms with Crippen LogP contribution in [0.3, 0.4) is 0 Å². The SMILES string of the molecule is O=C(Nc1cccc(O)c1)C(F)(F)C(F)F. The zero-order chi connectivity index (χ0) is 12.3. The molecule has 0 unspecified atom stereocenters. The molecule has 7 heteroatoms. The summed E-state index contributed by atoms with van der Waals surface area (Å²) in [5.74, 6) is -7.16. The molecule has 0 heterocycles. The Balaban J connectivity index is 2.79. The Hall–Kier alpha value is -1.79. The monoisotopic (exact) mass is 237 g/mol. The van der Waals surface area contributed by atoms with Gasteiger partial charge in [-0.3, -0.25) is 4.79 Å². The average molecular weight is 237 g/mol. The van der Waals surface area contributed by atoms with Gasteiger partial charge in [0.25, 0.3) is 0 Å². The van der Waals surface area contributed by atoms with Crippen molar-refractivity contribution in [2.45, 2.75) is 12.3 Å². The molecule has 0 bridgehead atoms. The molecule has 0 aliphatic carbocycles. The second-order valence-corrected chi connectivity index (χ2v) is 2.93. The summed E-state index contributed by atoms with van der Waals surface area (Å²) in [5, 5.41) is 10.5. The molecule has 0 saturated heterocycles. The van der Waals surface area contributed by atoms with Crippen LogP contribution in [0.15, 0.2) is 24.3 Å². The lowest BCUT2D eigenvalue weighted by atomic mass is 10.2. The van der Waals surface area contributed by atoms with Crippen LogP contribution in [0.2, 0.25) is 0 Å². The molecule has 0 radical (unpaired) electrons. The molecule has 3 nitrogen and oxygen atoms in total. The number of carbonyl (C=O) groups excluding carboxylic acids is 1. The molecule has 16 heavy (non-hydrogen) atoms. The van der Waals surface area contributed by atoms with E-state index in [0.717, 1.165) is 6.07 Å². The first-order valence-electron chi connectivity index (χ1n) is 4.10. The van der Waals surface area contributed by atoms with Gasteiger partial charge in [-0.1, -0.05) is 6.07 Å².